The molecule has 2 aromatic rings. The zero-order chi connectivity index (χ0) is 18.5. The molecule has 1 saturated heterocycles. The van der Waals surface area contributed by atoms with Crippen molar-refractivity contribution in [1.82, 2.24) is 4.90 Å². The highest BCUT2D eigenvalue weighted by molar-refractivity contribution is 5.66. The second kappa shape index (κ2) is 8.34. The number of benzene rings is 2. The molecule has 0 bridgehead atoms. The molecule has 1 fully saturated rings. The van der Waals surface area contributed by atoms with Gasteiger partial charge in [-0.3, -0.25) is 9.69 Å². The van der Waals surface area contributed by atoms with Gasteiger partial charge in [0.1, 0.15) is 11.5 Å². The largest absolute Gasteiger partial charge is 0.481 e. The maximum Gasteiger partial charge on any atom is 0.304 e. The minimum absolute atomic E-state index is 0.0703. The van der Waals surface area contributed by atoms with Crippen LogP contribution in [0.2, 0.25) is 0 Å². The molecule has 0 saturated carbocycles. The Labute approximate surface area is 154 Å². The molecule has 1 N–H and O–H groups in total. The smallest absolute Gasteiger partial charge is 0.304 e. The fourth-order valence-electron chi connectivity index (χ4n) is 3.22. The van der Waals surface area contributed by atoms with Crippen molar-refractivity contribution < 1.29 is 19.4 Å². The molecule has 0 aromatic heterocycles. The Kier molecular flexibility index (Phi) is 5.91. The molecule has 1 atom stereocenters. The summed E-state index contributed by atoms with van der Waals surface area (Å²) in [4.78, 5) is 12.9. The fourth-order valence-corrected chi connectivity index (χ4v) is 3.22. The summed E-state index contributed by atoms with van der Waals surface area (Å²) in [6.45, 7) is 6.69. The van der Waals surface area contributed by atoms with Crippen LogP contribution in [0.25, 0.3) is 0 Å². The monoisotopic (exact) mass is 355 g/mol. The number of morpholine rings is 1. The van der Waals surface area contributed by atoms with Crippen LogP contribution >= 0.6 is 0 Å². The van der Waals surface area contributed by atoms with Crippen LogP contribution in [-0.2, 0) is 9.53 Å². The van der Waals surface area contributed by atoms with Gasteiger partial charge in [-0.15, -0.1) is 0 Å². The number of rotatable bonds is 6. The summed E-state index contributed by atoms with van der Waals surface area (Å²) in [5.74, 6) is 0.903. The molecule has 5 heteroatoms. The summed E-state index contributed by atoms with van der Waals surface area (Å²) in [5, 5.41) is 8.87. The first-order valence-corrected chi connectivity index (χ1v) is 8.92. The molecule has 1 aliphatic heterocycles. The number of para-hydroxylation sites is 1. The number of carbonyl (C=O) groups is 1. The number of nitrogens with zero attached hydrogens (tertiary/aromatic N) is 1. The van der Waals surface area contributed by atoms with Crippen molar-refractivity contribution in [2.75, 3.05) is 26.2 Å². The number of hydrogen-bond acceptors (Lipinski definition) is 4. The van der Waals surface area contributed by atoms with Gasteiger partial charge in [0.25, 0.3) is 0 Å². The summed E-state index contributed by atoms with van der Waals surface area (Å²) >= 11 is 0. The summed E-state index contributed by atoms with van der Waals surface area (Å²) in [6, 6.07) is 14.1. The molecule has 1 heterocycles. The number of aliphatic carboxylic acids is 1. The van der Waals surface area contributed by atoms with Crippen molar-refractivity contribution in [1.29, 1.82) is 0 Å². The standard InChI is InChI=1S/C21H25NO4/c1-15-5-3-6-16(2)21(15)26-18-8-4-7-17(13-18)19-14-22(11-12-25-19)10-9-20(23)24/h3-8,13,19H,9-12,14H2,1-2H3,(H,23,24). The summed E-state index contributed by atoms with van der Waals surface area (Å²) in [6.07, 6.45) is 0.0849. The van der Waals surface area contributed by atoms with Gasteiger partial charge in [0.05, 0.1) is 19.1 Å². The van der Waals surface area contributed by atoms with Crippen LogP contribution < -0.4 is 4.74 Å². The number of hydrogen-bond donors (Lipinski definition) is 1. The number of aryl methyl sites for hydroxylation is 2. The second-order valence-electron chi connectivity index (χ2n) is 6.70. The minimum atomic E-state index is -0.767. The molecule has 26 heavy (non-hydrogen) atoms. The predicted octanol–water partition coefficient (Wildman–Crippen LogP) is 3.94. The van der Waals surface area contributed by atoms with E-state index >= 15 is 0 Å². The molecule has 0 radical (unpaired) electrons. The average molecular weight is 355 g/mol. The van der Waals surface area contributed by atoms with Crippen molar-refractivity contribution in [3.05, 3.63) is 59.2 Å². The van der Waals surface area contributed by atoms with Crippen molar-refractivity contribution in [2.45, 2.75) is 26.4 Å². The van der Waals surface area contributed by atoms with E-state index in [1.807, 2.05) is 56.3 Å². The SMILES string of the molecule is Cc1cccc(C)c1Oc1cccc(C2CN(CCC(=O)O)CCO2)c1. The van der Waals surface area contributed by atoms with Crippen LogP contribution in [0.1, 0.15) is 29.2 Å². The van der Waals surface area contributed by atoms with Gasteiger partial charge in [0, 0.05) is 19.6 Å². The summed E-state index contributed by atoms with van der Waals surface area (Å²) in [7, 11) is 0. The number of ether oxygens (including phenoxy) is 2. The van der Waals surface area contributed by atoms with Crippen LogP contribution in [0.5, 0.6) is 11.5 Å². The molecule has 138 valence electrons. The van der Waals surface area contributed by atoms with Gasteiger partial charge in [-0.05, 0) is 42.7 Å². The Bertz CT molecular complexity index is 754. The molecule has 5 nitrogen and oxygen atoms in total. The Hall–Kier alpha value is -2.37. The third-order valence-corrected chi connectivity index (χ3v) is 4.65. The molecule has 0 spiro atoms. The Balaban J connectivity index is 1.71. The summed E-state index contributed by atoms with van der Waals surface area (Å²) < 4.78 is 12.0. The Morgan fingerprint density at radius 2 is 1.96 bits per heavy atom. The third kappa shape index (κ3) is 4.62. The molecule has 0 aliphatic carbocycles. The maximum atomic E-state index is 10.8. The highest BCUT2D eigenvalue weighted by Gasteiger charge is 2.22. The van der Waals surface area contributed by atoms with Gasteiger partial charge >= 0.3 is 5.97 Å². The zero-order valence-corrected chi connectivity index (χ0v) is 15.3. The Morgan fingerprint density at radius 1 is 1.23 bits per heavy atom. The fraction of sp³-hybridized carbons (Fsp3) is 0.381. The van der Waals surface area contributed by atoms with Crippen LogP contribution in [0.15, 0.2) is 42.5 Å². The maximum absolute atomic E-state index is 10.8. The van der Waals surface area contributed by atoms with Crippen LogP contribution in [0.3, 0.4) is 0 Å². The second-order valence-corrected chi connectivity index (χ2v) is 6.70. The van der Waals surface area contributed by atoms with Crippen molar-refractivity contribution in [3.8, 4) is 11.5 Å². The van der Waals surface area contributed by atoms with Gasteiger partial charge in [-0.25, -0.2) is 0 Å². The Morgan fingerprint density at radius 3 is 2.69 bits per heavy atom. The lowest BCUT2D eigenvalue weighted by Gasteiger charge is -2.33. The van der Waals surface area contributed by atoms with E-state index in [2.05, 4.69) is 4.90 Å². The van der Waals surface area contributed by atoms with E-state index in [4.69, 9.17) is 14.6 Å². The molecule has 1 aliphatic rings. The molecule has 0 amide bonds. The van der Waals surface area contributed by atoms with Gasteiger partial charge in [0.2, 0.25) is 0 Å². The van der Waals surface area contributed by atoms with Crippen molar-refractivity contribution in [3.63, 3.8) is 0 Å². The first-order chi connectivity index (χ1) is 12.5. The lowest BCUT2D eigenvalue weighted by Crippen LogP contribution is -2.39. The van der Waals surface area contributed by atoms with E-state index in [1.54, 1.807) is 0 Å². The minimum Gasteiger partial charge on any atom is -0.481 e. The van der Waals surface area contributed by atoms with E-state index < -0.39 is 5.97 Å². The van der Waals surface area contributed by atoms with Crippen LogP contribution in [0, 0.1) is 13.8 Å². The highest BCUT2D eigenvalue weighted by Crippen LogP contribution is 2.31. The molecule has 3 rings (SSSR count). The predicted molar refractivity (Wildman–Crippen MR) is 99.8 cm³/mol. The summed E-state index contributed by atoms with van der Waals surface area (Å²) in [5.41, 5.74) is 3.25. The van der Waals surface area contributed by atoms with E-state index in [-0.39, 0.29) is 12.5 Å². The van der Waals surface area contributed by atoms with Crippen LogP contribution in [0.4, 0.5) is 0 Å². The first-order valence-electron chi connectivity index (χ1n) is 8.92. The van der Waals surface area contributed by atoms with Crippen LogP contribution in [-0.4, -0.2) is 42.2 Å². The van der Waals surface area contributed by atoms with Crippen molar-refractivity contribution >= 4 is 5.97 Å². The van der Waals surface area contributed by atoms with E-state index in [9.17, 15) is 4.79 Å². The van der Waals surface area contributed by atoms with E-state index in [0.717, 1.165) is 34.7 Å². The van der Waals surface area contributed by atoms with Gasteiger partial charge in [-0.1, -0.05) is 30.3 Å². The first kappa shape index (κ1) is 18.4. The van der Waals surface area contributed by atoms with Crippen molar-refractivity contribution in [2.24, 2.45) is 0 Å². The number of carboxylic acids is 1. The molecular formula is C21H25NO4. The topological polar surface area (TPSA) is 59.0 Å². The van der Waals surface area contributed by atoms with Gasteiger partial charge in [-0.2, -0.15) is 0 Å². The third-order valence-electron chi connectivity index (χ3n) is 4.65. The number of carboxylic acid groups (broad SMARTS) is 1. The van der Waals surface area contributed by atoms with E-state index in [0.29, 0.717) is 19.7 Å². The van der Waals surface area contributed by atoms with Gasteiger partial charge < -0.3 is 14.6 Å². The van der Waals surface area contributed by atoms with Gasteiger partial charge in [0.15, 0.2) is 0 Å². The quantitative estimate of drug-likeness (QED) is 0.850. The molecular weight excluding hydrogens is 330 g/mol. The lowest BCUT2D eigenvalue weighted by atomic mass is 10.1. The normalized spacial score (nSPS) is 17.8. The molecule has 2 aromatic carbocycles. The lowest BCUT2D eigenvalue weighted by molar-refractivity contribution is -0.137. The zero-order valence-electron chi connectivity index (χ0n) is 15.3. The average Bonchev–Trinajstić information content (AvgIpc) is 2.64. The molecule has 1 unspecified atom stereocenters. The van der Waals surface area contributed by atoms with E-state index in [1.165, 1.54) is 0 Å². The highest BCUT2D eigenvalue weighted by atomic mass is 16.5.